The summed E-state index contributed by atoms with van der Waals surface area (Å²) in [5, 5.41) is 4.36. The van der Waals surface area contributed by atoms with Gasteiger partial charge in [0, 0.05) is 16.7 Å². The zero-order valence-corrected chi connectivity index (χ0v) is 12.9. The smallest absolute Gasteiger partial charge is 0.161 e. The number of ether oxygens (including phenoxy) is 1. The van der Waals surface area contributed by atoms with Crippen LogP contribution in [0.25, 0.3) is 0 Å². The lowest BCUT2D eigenvalue weighted by molar-refractivity contribution is 0.399. The van der Waals surface area contributed by atoms with Gasteiger partial charge in [-0.25, -0.2) is 0 Å². The fourth-order valence-electron chi connectivity index (χ4n) is 2.06. The Kier molecular flexibility index (Phi) is 5.09. The van der Waals surface area contributed by atoms with Gasteiger partial charge < -0.3 is 10.5 Å². The second-order valence-corrected chi connectivity index (χ2v) is 5.96. The molecule has 0 amide bonds. The van der Waals surface area contributed by atoms with E-state index in [0.717, 1.165) is 17.2 Å². The van der Waals surface area contributed by atoms with E-state index in [0.29, 0.717) is 0 Å². The van der Waals surface area contributed by atoms with Crippen molar-refractivity contribution in [1.29, 1.82) is 0 Å². The quantitative estimate of drug-likeness (QED) is 0.830. The predicted octanol–water partition coefficient (Wildman–Crippen LogP) is 3.26. The highest BCUT2D eigenvalue weighted by molar-refractivity contribution is 7.99. The van der Waals surface area contributed by atoms with Crippen molar-refractivity contribution in [2.24, 2.45) is 5.73 Å². The number of rotatable bonds is 6. The molecule has 2 N–H and O–H groups in total. The Morgan fingerprint density at radius 1 is 1.30 bits per heavy atom. The van der Waals surface area contributed by atoms with Crippen LogP contribution in [0.5, 0.6) is 5.75 Å². The van der Waals surface area contributed by atoms with Gasteiger partial charge in [-0.2, -0.15) is 5.10 Å². The van der Waals surface area contributed by atoms with Gasteiger partial charge in [-0.15, -0.1) is 11.8 Å². The van der Waals surface area contributed by atoms with E-state index in [2.05, 4.69) is 31.1 Å². The van der Waals surface area contributed by atoms with Crippen LogP contribution in [-0.2, 0) is 0 Å². The third-order valence-corrected chi connectivity index (χ3v) is 4.16. The third kappa shape index (κ3) is 3.35. The molecular formula is C15H21N3OS. The van der Waals surface area contributed by atoms with Crippen LogP contribution < -0.4 is 10.5 Å². The van der Waals surface area contributed by atoms with E-state index in [4.69, 9.17) is 10.5 Å². The van der Waals surface area contributed by atoms with Crippen molar-refractivity contribution in [3.05, 3.63) is 42.2 Å². The Labute approximate surface area is 124 Å². The topological polar surface area (TPSA) is 53.1 Å². The number of methoxy groups -OCH3 is 1. The SMILES string of the molecule is COc1cnn(C(C)C)c1C(N)CSc1ccccc1. The Morgan fingerprint density at radius 2 is 2.00 bits per heavy atom. The lowest BCUT2D eigenvalue weighted by Gasteiger charge is -2.17. The molecule has 0 aliphatic carbocycles. The van der Waals surface area contributed by atoms with Gasteiger partial charge in [0.2, 0.25) is 0 Å². The molecule has 0 spiro atoms. The first-order valence-corrected chi connectivity index (χ1v) is 7.67. The molecule has 1 aromatic heterocycles. The predicted molar refractivity (Wildman–Crippen MR) is 83.3 cm³/mol. The molecule has 1 unspecified atom stereocenters. The van der Waals surface area contributed by atoms with Crippen molar-refractivity contribution >= 4 is 11.8 Å². The highest BCUT2D eigenvalue weighted by Gasteiger charge is 2.20. The second kappa shape index (κ2) is 6.81. The van der Waals surface area contributed by atoms with E-state index in [9.17, 15) is 0 Å². The molecule has 0 aliphatic heterocycles. The minimum atomic E-state index is -0.111. The van der Waals surface area contributed by atoms with Crippen LogP contribution in [0.1, 0.15) is 31.6 Å². The summed E-state index contributed by atoms with van der Waals surface area (Å²) in [4.78, 5) is 1.22. The number of benzene rings is 1. The first-order chi connectivity index (χ1) is 9.63. The van der Waals surface area contributed by atoms with Gasteiger partial charge in [0.05, 0.1) is 25.0 Å². The zero-order valence-electron chi connectivity index (χ0n) is 12.1. The van der Waals surface area contributed by atoms with E-state index in [1.807, 2.05) is 22.9 Å². The van der Waals surface area contributed by atoms with Crippen molar-refractivity contribution in [2.45, 2.75) is 30.8 Å². The summed E-state index contributed by atoms with van der Waals surface area (Å²) in [6.07, 6.45) is 1.74. The van der Waals surface area contributed by atoms with E-state index in [-0.39, 0.29) is 12.1 Å². The monoisotopic (exact) mass is 291 g/mol. The van der Waals surface area contributed by atoms with Crippen LogP contribution in [-0.4, -0.2) is 22.6 Å². The van der Waals surface area contributed by atoms with Gasteiger partial charge in [-0.05, 0) is 26.0 Å². The molecule has 0 radical (unpaired) electrons. The summed E-state index contributed by atoms with van der Waals surface area (Å²) >= 11 is 1.74. The van der Waals surface area contributed by atoms with Crippen molar-refractivity contribution in [3.63, 3.8) is 0 Å². The number of nitrogens with zero attached hydrogens (tertiary/aromatic N) is 2. The molecule has 0 bridgehead atoms. The summed E-state index contributed by atoms with van der Waals surface area (Å²) in [5.41, 5.74) is 7.30. The molecule has 2 aromatic rings. The Balaban J connectivity index is 2.12. The largest absolute Gasteiger partial charge is 0.493 e. The molecule has 0 fully saturated rings. The standard InChI is InChI=1S/C15H21N3OS/c1-11(2)18-15(14(19-3)9-17-18)13(16)10-20-12-7-5-4-6-8-12/h4-9,11,13H,10,16H2,1-3H3. The van der Waals surface area contributed by atoms with Crippen molar-refractivity contribution in [1.82, 2.24) is 9.78 Å². The average molecular weight is 291 g/mol. The summed E-state index contributed by atoms with van der Waals surface area (Å²) in [5.74, 6) is 1.55. The molecular weight excluding hydrogens is 270 g/mol. The van der Waals surface area contributed by atoms with Crippen LogP contribution >= 0.6 is 11.8 Å². The summed E-state index contributed by atoms with van der Waals surface area (Å²) < 4.78 is 7.32. The fourth-order valence-corrected chi connectivity index (χ4v) is 2.94. The molecule has 2 rings (SSSR count). The molecule has 0 saturated carbocycles. The molecule has 1 heterocycles. The first kappa shape index (κ1) is 14.9. The second-order valence-electron chi connectivity index (χ2n) is 4.87. The molecule has 108 valence electrons. The molecule has 20 heavy (non-hydrogen) atoms. The van der Waals surface area contributed by atoms with E-state index in [1.54, 1.807) is 25.1 Å². The average Bonchev–Trinajstić information content (AvgIpc) is 2.90. The van der Waals surface area contributed by atoms with E-state index >= 15 is 0 Å². The van der Waals surface area contributed by atoms with Crippen molar-refractivity contribution < 1.29 is 4.74 Å². The first-order valence-electron chi connectivity index (χ1n) is 6.68. The van der Waals surface area contributed by atoms with Gasteiger partial charge in [-0.3, -0.25) is 4.68 Å². The van der Waals surface area contributed by atoms with Crippen LogP contribution in [0.4, 0.5) is 0 Å². The molecule has 1 atom stereocenters. The van der Waals surface area contributed by atoms with Crippen molar-refractivity contribution in [3.8, 4) is 5.75 Å². The summed E-state index contributed by atoms with van der Waals surface area (Å²) in [7, 11) is 1.65. The number of nitrogens with two attached hydrogens (primary N) is 1. The molecule has 0 aliphatic rings. The molecule has 0 saturated heterocycles. The normalized spacial score (nSPS) is 12.7. The molecule has 5 heteroatoms. The maximum absolute atomic E-state index is 6.34. The number of hydrogen-bond donors (Lipinski definition) is 1. The minimum Gasteiger partial charge on any atom is -0.493 e. The highest BCUT2D eigenvalue weighted by Crippen LogP contribution is 2.30. The van der Waals surface area contributed by atoms with Crippen LogP contribution in [0.2, 0.25) is 0 Å². The Morgan fingerprint density at radius 3 is 2.60 bits per heavy atom. The Hall–Kier alpha value is -1.46. The lowest BCUT2D eigenvalue weighted by atomic mass is 10.2. The van der Waals surface area contributed by atoms with Crippen LogP contribution in [0.15, 0.2) is 41.4 Å². The number of thioether (sulfide) groups is 1. The van der Waals surface area contributed by atoms with Gasteiger partial charge in [0.1, 0.15) is 0 Å². The molecule has 4 nitrogen and oxygen atoms in total. The summed E-state index contributed by atoms with van der Waals surface area (Å²) in [6, 6.07) is 10.4. The van der Waals surface area contributed by atoms with E-state index < -0.39 is 0 Å². The van der Waals surface area contributed by atoms with Crippen LogP contribution in [0, 0.1) is 0 Å². The van der Waals surface area contributed by atoms with Gasteiger partial charge >= 0.3 is 0 Å². The fraction of sp³-hybridized carbons (Fsp3) is 0.400. The van der Waals surface area contributed by atoms with Gasteiger partial charge in [0.25, 0.3) is 0 Å². The number of hydrogen-bond acceptors (Lipinski definition) is 4. The lowest BCUT2D eigenvalue weighted by Crippen LogP contribution is -2.20. The zero-order chi connectivity index (χ0) is 14.5. The third-order valence-electron chi connectivity index (χ3n) is 3.03. The van der Waals surface area contributed by atoms with E-state index in [1.165, 1.54) is 4.90 Å². The Bertz CT molecular complexity index is 539. The number of aromatic nitrogens is 2. The van der Waals surface area contributed by atoms with Gasteiger partial charge in [-0.1, -0.05) is 18.2 Å². The maximum atomic E-state index is 6.34. The molecule has 1 aromatic carbocycles. The van der Waals surface area contributed by atoms with Crippen LogP contribution in [0.3, 0.4) is 0 Å². The summed E-state index contributed by atoms with van der Waals surface area (Å²) in [6.45, 7) is 4.18. The maximum Gasteiger partial charge on any atom is 0.161 e. The minimum absolute atomic E-state index is 0.111. The van der Waals surface area contributed by atoms with Gasteiger partial charge in [0.15, 0.2) is 5.75 Å². The highest BCUT2D eigenvalue weighted by atomic mass is 32.2. The van der Waals surface area contributed by atoms with Crippen molar-refractivity contribution in [2.75, 3.05) is 12.9 Å².